The van der Waals surface area contributed by atoms with E-state index in [1.165, 1.54) is 12.1 Å². The summed E-state index contributed by atoms with van der Waals surface area (Å²) in [5, 5.41) is 0. The highest BCUT2D eigenvalue weighted by Gasteiger charge is 2.18. The lowest BCUT2D eigenvalue weighted by atomic mass is 10.2. The van der Waals surface area contributed by atoms with Gasteiger partial charge in [-0.1, -0.05) is 0 Å². The van der Waals surface area contributed by atoms with Crippen LogP contribution in [0.2, 0.25) is 0 Å². The fourth-order valence-electron chi connectivity index (χ4n) is 1.24. The van der Waals surface area contributed by atoms with Gasteiger partial charge in [0.2, 0.25) is 0 Å². The Kier molecular flexibility index (Phi) is 6.25. The molecule has 5 nitrogen and oxygen atoms in total. The molecule has 0 atom stereocenters. The highest BCUT2D eigenvalue weighted by molar-refractivity contribution is 9.10. The van der Waals surface area contributed by atoms with Gasteiger partial charge in [0.05, 0.1) is 17.1 Å². The van der Waals surface area contributed by atoms with Crippen LogP contribution in [0.25, 0.3) is 0 Å². The quantitative estimate of drug-likeness (QED) is 0.437. The van der Waals surface area contributed by atoms with E-state index < -0.39 is 15.0 Å². The normalized spacial score (nSPS) is 11.3. The topological polar surface area (TPSA) is 69.7 Å². The first-order chi connectivity index (χ1) is 8.86. The molecule has 0 saturated carbocycles. The minimum absolute atomic E-state index is 0.103. The third-order valence-electron chi connectivity index (χ3n) is 2.09. The molecule has 0 aliphatic rings. The summed E-state index contributed by atoms with van der Waals surface area (Å²) >= 11 is 3.05. The van der Waals surface area contributed by atoms with Gasteiger partial charge in [0, 0.05) is 21.8 Å². The molecule has 0 amide bonds. The Bertz CT molecular complexity index is 558. The predicted molar refractivity (Wildman–Crippen MR) is 74.0 cm³/mol. The number of halogens is 2. The highest BCUT2D eigenvalue weighted by atomic mass is 79.9. The van der Waals surface area contributed by atoms with E-state index in [0.717, 1.165) is 6.07 Å². The Morgan fingerprint density at radius 2 is 2.05 bits per heavy atom. The lowest BCUT2D eigenvalue weighted by Crippen LogP contribution is -2.11. The summed E-state index contributed by atoms with van der Waals surface area (Å²) in [6.45, 7) is 2.75. The first-order valence-electron chi connectivity index (χ1n) is 5.35. The number of esters is 1. The van der Waals surface area contributed by atoms with Crippen LogP contribution in [-0.4, -0.2) is 34.2 Å². The van der Waals surface area contributed by atoms with Crippen LogP contribution >= 0.6 is 26.6 Å². The molecule has 0 aliphatic carbocycles. The third kappa shape index (κ3) is 5.10. The monoisotopic (exact) mass is 370 g/mol. The number of carbonyl (C=O) groups excluding carboxylic acids is 1. The number of hydrogen-bond acceptors (Lipinski definition) is 5. The molecule has 106 valence electrons. The molecule has 0 aliphatic heterocycles. The van der Waals surface area contributed by atoms with Gasteiger partial charge in [-0.25, -0.2) is 13.2 Å². The van der Waals surface area contributed by atoms with E-state index in [9.17, 15) is 13.2 Å². The van der Waals surface area contributed by atoms with Crippen molar-refractivity contribution in [1.29, 1.82) is 0 Å². The summed E-state index contributed by atoms with van der Waals surface area (Å²) in [5.41, 5.74) is 0.110. The van der Waals surface area contributed by atoms with Gasteiger partial charge in [0.25, 0.3) is 9.05 Å². The molecule has 8 heteroatoms. The molecule has 0 spiro atoms. The average Bonchev–Trinajstić information content (AvgIpc) is 2.33. The van der Waals surface area contributed by atoms with Crippen molar-refractivity contribution in [2.24, 2.45) is 0 Å². The molecule has 0 fully saturated rings. The molecule has 19 heavy (non-hydrogen) atoms. The summed E-state index contributed by atoms with van der Waals surface area (Å²) < 4.78 is 32.8. The predicted octanol–water partition coefficient (Wildman–Crippen LogP) is 2.57. The van der Waals surface area contributed by atoms with Crippen molar-refractivity contribution in [2.45, 2.75) is 11.8 Å². The minimum Gasteiger partial charge on any atom is -0.460 e. The molecule has 0 aromatic heterocycles. The zero-order valence-electron chi connectivity index (χ0n) is 10.1. The number of rotatable bonds is 6. The second kappa shape index (κ2) is 7.23. The Morgan fingerprint density at radius 1 is 1.37 bits per heavy atom. The zero-order chi connectivity index (χ0) is 14.5. The van der Waals surface area contributed by atoms with E-state index in [0.29, 0.717) is 13.2 Å². The lowest BCUT2D eigenvalue weighted by molar-refractivity contribution is 0.0335. The molecule has 0 bridgehead atoms. The van der Waals surface area contributed by atoms with Crippen molar-refractivity contribution in [3.8, 4) is 0 Å². The van der Waals surface area contributed by atoms with Gasteiger partial charge in [0.1, 0.15) is 6.61 Å². The SMILES string of the molecule is CCOCCOC(=O)c1ccc(Br)c(S(=O)(=O)Cl)c1. The van der Waals surface area contributed by atoms with E-state index in [2.05, 4.69) is 15.9 Å². The van der Waals surface area contributed by atoms with Crippen LogP contribution in [0.4, 0.5) is 0 Å². The molecular weight excluding hydrogens is 360 g/mol. The molecule has 1 aromatic rings. The number of benzene rings is 1. The first-order valence-corrected chi connectivity index (χ1v) is 8.45. The van der Waals surface area contributed by atoms with Crippen LogP contribution in [0.15, 0.2) is 27.6 Å². The van der Waals surface area contributed by atoms with Gasteiger partial charge >= 0.3 is 5.97 Å². The number of carbonyl (C=O) groups is 1. The summed E-state index contributed by atoms with van der Waals surface area (Å²) in [6.07, 6.45) is 0. The highest BCUT2D eigenvalue weighted by Crippen LogP contribution is 2.26. The number of hydrogen-bond donors (Lipinski definition) is 0. The summed E-state index contributed by atoms with van der Waals surface area (Å²) in [7, 11) is 1.33. The standard InChI is InChI=1S/C11H12BrClO5S/c1-2-17-5-6-18-11(14)8-3-4-9(12)10(7-8)19(13,15)16/h3-4,7H,2,5-6H2,1H3. The maximum absolute atomic E-state index is 11.7. The van der Waals surface area contributed by atoms with E-state index in [1.54, 1.807) is 0 Å². The van der Waals surface area contributed by atoms with Gasteiger partial charge in [-0.2, -0.15) is 0 Å². The van der Waals surface area contributed by atoms with E-state index in [1.807, 2.05) is 6.92 Å². The van der Waals surface area contributed by atoms with Crippen LogP contribution in [0.1, 0.15) is 17.3 Å². The van der Waals surface area contributed by atoms with Gasteiger partial charge in [-0.3, -0.25) is 0 Å². The summed E-state index contributed by atoms with van der Waals surface area (Å²) in [4.78, 5) is 11.5. The van der Waals surface area contributed by atoms with Crippen molar-refractivity contribution < 1.29 is 22.7 Å². The van der Waals surface area contributed by atoms with Crippen molar-refractivity contribution in [2.75, 3.05) is 19.8 Å². The minimum atomic E-state index is -3.93. The molecule has 1 rings (SSSR count). The van der Waals surface area contributed by atoms with Crippen LogP contribution in [0.5, 0.6) is 0 Å². The zero-order valence-corrected chi connectivity index (χ0v) is 13.2. The Morgan fingerprint density at radius 3 is 2.63 bits per heavy atom. The fourth-order valence-corrected chi connectivity index (χ4v) is 3.36. The van der Waals surface area contributed by atoms with Crippen molar-refractivity contribution in [1.82, 2.24) is 0 Å². The van der Waals surface area contributed by atoms with Gasteiger partial charge < -0.3 is 9.47 Å². The van der Waals surface area contributed by atoms with Crippen molar-refractivity contribution in [3.05, 3.63) is 28.2 Å². The average molecular weight is 372 g/mol. The van der Waals surface area contributed by atoms with Crippen LogP contribution < -0.4 is 0 Å². The molecular formula is C11H12BrClO5S. The van der Waals surface area contributed by atoms with E-state index in [4.69, 9.17) is 20.2 Å². The molecule has 0 radical (unpaired) electrons. The molecule has 0 unspecified atom stereocenters. The van der Waals surface area contributed by atoms with Gasteiger partial charge in [0.15, 0.2) is 0 Å². The van der Waals surface area contributed by atoms with E-state index >= 15 is 0 Å². The van der Waals surface area contributed by atoms with Crippen LogP contribution in [0, 0.1) is 0 Å². The van der Waals surface area contributed by atoms with Crippen molar-refractivity contribution in [3.63, 3.8) is 0 Å². The molecule has 0 N–H and O–H groups in total. The Hall–Kier alpha value is -0.630. The molecule has 0 heterocycles. The number of ether oxygens (including phenoxy) is 2. The largest absolute Gasteiger partial charge is 0.460 e. The van der Waals surface area contributed by atoms with Crippen LogP contribution in [-0.2, 0) is 18.5 Å². The fraction of sp³-hybridized carbons (Fsp3) is 0.364. The second-order valence-electron chi connectivity index (χ2n) is 3.42. The van der Waals surface area contributed by atoms with Crippen LogP contribution in [0.3, 0.4) is 0 Å². The van der Waals surface area contributed by atoms with Gasteiger partial charge in [-0.15, -0.1) is 0 Å². The maximum Gasteiger partial charge on any atom is 0.338 e. The Labute approximate surface area is 124 Å². The first kappa shape index (κ1) is 16.4. The lowest BCUT2D eigenvalue weighted by Gasteiger charge is -2.06. The molecule has 0 saturated heterocycles. The molecule has 1 aromatic carbocycles. The third-order valence-corrected chi connectivity index (χ3v) is 4.41. The van der Waals surface area contributed by atoms with Gasteiger partial charge in [-0.05, 0) is 41.1 Å². The summed E-state index contributed by atoms with van der Waals surface area (Å²) in [6, 6.07) is 4.03. The second-order valence-corrected chi connectivity index (χ2v) is 6.80. The smallest absolute Gasteiger partial charge is 0.338 e. The maximum atomic E-state index is 11.7. The Balaban J connectivity index is 2.82. The van der Waals surface area contributed by atoms with E-state index in [-0.39, 0.29) is 21.5 Å². The summed E-state index contributed by atoms with van der Waals surface area (Å²) in [5.74, 6) is -0.631. The van der Waals surface area contributed by atoms with Crippen molar-refractivity contribution >= 4 is 41.6 Å².